The molecule has 1 heterocycles. The van der Waals surface area contributed by atoms with Crippen molar-refractivity contribution in [2.75, 3.05) is 12.0 Å². The predicted octanol–water partition coefficient (Wildman–Crippen LogP) is 0.178. The summed E-state index contributed by atoms with van der Waals surface area (Å²) in [6.07, 6.45) is 3.55. The Balaban J connectivity index is 2.67. The van der Waals surface area contributed by atoms with Crippen molar-refractivity contribution in [3.8, 4) is 0 Å². The molecule has 0 aliphatic heterocycles. The molecule has 0 bridgehead atoms. The van der Waals surface area contributed by atoms with E-state index in [1.165, 1.54) is 6.33 Å². The summed E-state index contributed by atoms with van der Waals surface area (Å²) in [6, 6.07) is -0.00231. The molecular weight excluding hydrogens is 160 g/mol. The van der Waals surface area contributed by atoms with Gasteiger partial charge >= 0.3 is 0 Å². The maximum atomic E-state index is 5.81. The van der Waals surface area contributed by atoms with Crippen molar-refractivity contribution in [3.05, 3.63) is 12.2 Å². The highest BCUT2D eigenvalue weighted by Gasteiger charge is 2.09. The molecule has 4 nitrogen and oxygen atoms in total. The van der Waals surface area contributed by atoms with E-state index in [2.05, 4.69) is 10.1 Å². The summed E-state index contributed by atoms with van der Waals surface area (Å²) >= 11 is 1.71. The zero-order valence-corrected chi connectivity index (χ0v) is 7.51. The van der Waals surface area contributed by atoms with Crippen molar-refractivity contribution in [1.29, 1.82) is 0 Å². The Bertz CT molecular complexity index is 222. The molecule has 62 valence electrons. The van der Waals surface area contributed by atoms with Crippen LogP contribution in [0.3, 0.4) is 0 Å². The Morgan fingerprint density at radius 1 is 1.82 bits per heavy atom. The van der Waals surface area contributed by atoms with Gasteiger partial charge in [-0.3, -0.25) is 4.68 Å². The smallest absolute Gasteiger partial charge is 0.144 e. The van der Waals surface area contributed by atoms with Crippen LogP contribution in [-0.4, -0.2) is 26.8 Å². The fourth-order valence-corrected chi connectivity index (χ4v) is 1.40. The summed E-state index contributed by atoms with van der Waals surface area (Å²) in [5, 5.41) is 3.94. The van der Waals surface area contributed by atoms with Crippen LogP contribution in [0.15, 0.2) is 6.33 Å². The van der Waals surface area contributed by atoms with E-state index in [0.717, 1.165) is 11.6 Å². The topological polar surface area (TPSA) is 56.7 Å². The maximum Gasteiger partial charge on any atom is 0.144 e. The summed E-state index contributed by atoms with van der Waals surface area (Å²) in [7, 11) is 1.85. The molecule has 0 aliphatic rings. The molecule has 1 aromatic rings. The van der Waals surface area contributed by atoms with Gasteiger partial charge in [-0.1, -0.05) is 0 Å². The van der Waals surface area contributed by atoms with Crippen molar-refractivity contribution in [3.63, 3.8) is 0 Å². The van der Waals surface area contributed by atoms with Gasteiger partial charge in [0.1, 0.15) is 12.2 Å². The van der Waals surface area contributed by atoms with Crippen LogP contribution in [0.2, 0.25) is 0 Å². The minimum Gasteiger partial charge on any atom is -0.321 e. The minimum atomic E-state index is -0.00231. The fraction of sp³-hybridized carbons (Fsp3) is 0.667. The molecule has 0 saturated carbocycles. The molecule has 11 heavy (non-hydrogen) atoms. The molecule has 0 radical (unpaired) electrons. The summed E-state index contributed by atoms with van der Waals surface area (Å²) in [5.41, 5.74) is 5.81. The third-order valence-corrected chi connectivity index (χ3v) is 2.12. The van der Waals surface area contributed by atoms with E-state index in [4.69, 9.17) is 5.73 Å². The van der Waals surface area contributed by atoms with Gasteiger partial charge < -0.3 is 5.73 Å². The highest BCUT2D eigenvalue weighted by Crippen LogP contribution is 2.09. The van der Waals surface area contributed by atoms with Gasteiger partial charge in [-0.05, 0) is 6.26 Å². The van der Waals surface area contributed by atoms with Crippen molar-refractivity contribution >= 4 is 11.8 Å². The lowest BCUT2D eigenvalue weighted by Gasteiger charge is -2.07. The third kappa shape index (κ3) is 1.94. The van der Waals surface area contributed by atoms with Crippen molar-refractivity contribution in [1.82, 2.24) is 14.8 Å². The van der Waals surface area contributed by atoms with Gasteiger partial charge in [0.05, 0.1) is 6.04 Å². The van der Waals surface area contributed by atoms with Crippen LogP contribution in [0, 0.1) is 0 Å². The normalized spacial score (nSPS) is 13.4. The van der Waals surface area contributed by atoms with E-state index >= 15 is 0 Å². The van der Waals surface area contributed by atoms with Crippen LogP contribution in [-0.2, 0) is 7.05 Å². The van der Waals surface area contributed by atoms with Crippen molar-refractivity contribution < 1.29 is 0 Å². The van der Waals surface area contributed by atoms with E-state index in [-0.39, 0.29) is 6.04 Å². The first-order valence-electron chi connectivity index (χ1n) is 3.34. The molecule has 0 amide bonds. The van der Waals surface area contributed by atoms with Crippen LogP contribution in [0.5, 0.6) is 0 Å². The van der Waals surface area contributed by atoms with Gasteiger partial charge in [-0.2, -0.15) is 16.9 Å². The second-order valence-electron chi connectivity index (χ2n) is 2.30. The van der Waals surface area contributed by atoms with E-state index in [9.17, 15) is 0 Å². The molecule has 2 N–H and O–H groups in total. The number of nitrogens with zero attached hydrogens (tertiary/aromatic N) is 3. The maximum absolute atomic E-state index is 5.81. The lowest BCUT2D eigenvalue weighted by atomic mass is 10.3. The van der Waals surface area contributed by atoms with Gasteiger partial charge in [0.15, 0.2) is 0 Å². The van der Waals surface area contributed by atoms with Crippen LogP contribution in [0.1, 0.15) is 11.9 Å². The molecule has 1 rings (SSSR count). The first kappa shape index (κ1) is 8.55. The number of thioether (sulfide) groups is 1. The first-order valence-corrected chi connectivity index (χ1v) is 4.73. The Morgan fingerprint density at radius 3 is 3.00 bits per heavy atom. The zero-order valence-electron chi connectivity index (χ0n) is 6.69. The van der Waals surface area contributed by atoms with E-state index in [0.29, 0.717) is 0 Å². The highest BCUT2D eigenvalue weighted by molar-refractivity contribution is 7.98. The molecule has 0 aromatic carbocycles. The first-order chi connectivity index (χ1) is 5.25. The third-order valence-electron chi connectivity index (χ3n) is 1.42. The molecule has 0 spiro atoms. The Hall–Kier alpha value is -0.550. The van der Waals surface area contributed by atoms with Crippen LogP contribution in [0.4, 0.5) is 0 Å². The quantitative estimate of drug-likeness (QED) is 0.706. The van der Waals surface area contributed by atoms with Gasteiger partial charge in [-0.25, -0.2) is 4.98 Å². The minimum absolute atomic E-state index is 0.00231. The largest absolute Gasteiger partial charge is 0.321 e. The SMILES string of the molecule is CSCC(N)c1ncnn1C. The molecular formula is C6H12N4S. The second-order valence-corrected chi connectivity index (χ2v) is 3.21. The van der Waals surface area contributed by atoms with Gasteiger partial charge in [0.25, 0.3) is 0 Å². The second kappa shape index (κ2) is 3.73. The molecule has 1 unspecified atom stereocenters. The summed E-state index contributed by atoms with van der Waals surface area (Å²) in [6.45, 7) is 0. The van der Waals surface area contributed by atoms with Gasteiger partial charge in [0, 0.05) is 12.8 Å². The molecule has 0 fully saturated rings. The summed E-state index contributed by atoms with van der Waals surface area (Å²) in [5.74, 6) is 1.73. The molecule has 1 atom stereocenters. The van der Waals surface area contributed by atoms with E-state index < -0.39 is 0 Å². The van der Waals surface area contributed by atoms with Gasteiger partial charge in [-0.15, -0.1) is 0 Å². The molecule has 1 aromatic heterocycles. The van der Waals surface area contributed by atoms with E-state index in [1.807, 2.05) is 13.3 Å². The van der Waals surface area contributed by atoms with E-state index in [1.54, 1.807) is 16.4 Å². The number of aryl methyl sites for hydroxylation is 1. The number of rotatable bonds is 3. The van der Waals surface area contributed by atoms with Crippen LogP contribution in [0.25, 0.3) is 0 Å². The van der Waals surface area contributed by atoms with Crippen molar-refractivity contribution in [2.45, 2.75) is 6.04 Å². The van der Waals surface area contributed by atoms with Crippen LogP contribution >= 0.6 is 11.8 Å². The zero-order chi connectivity index (χ0) is 8.27. The Labute approximate surface area is 70.2 Å². The molecule has 5 heteroatoms. The Kier molecular flexibility index (Phi) is 2.90. The number of hydrogen-bond acceptors (Lipinski definition) is 4. The lowest BCUT2D eigenvalue weighted by molar-refractivity contribution is 0.644. The van der Waals surface area contributed by atoms with Crippen molar-refractivity contribution in [2.24, 2.45) is 12.8 Å². The highest BCUT2D eigenvalue weighted by atomic mass is 32.2. The Morgan fingerprint density at radius 2 is 2.55 bits per heavy atom. The predicted molar refractivity (Wildman–Crippen MR) is 46.3 cm³/mol. The summed E-state index contributed by atoms with van der Waals surface area (Å²) in [4.78, 5) is 4.05. The number of hydrogen-bond donors (Lipinski definition) is 1. The number of aromatic nitrogens is 3. The standard InChI is InChI=1S/C6H12N4S/c1-10-6(8-4-9-10)5(7)3-11-2/h4-5H,3,7H2,1-2H3. The van der Waals surface area contributed by atoms with Gasteiger partial charge in [0.2, 0.25) is 0 Å². The average molecular weight is 172 g/mol. The summed E-state index contributed by atoms with van der Waals surface area (Å²) < 4.78 is 1.71. The average Bonchev–Trinajstić information content (AvgIpc) is 2.36. The monoisotopic (exact) mass is 172 g/mol. The van der Waals surface area contributed by atoms with Crippen LogP contribution < -0.4 is 5.73 Å². The lowest BCUT2D eigenvalue weighted by Crippen LogP contribution is -2.17. The molecule has 0 aliphatic carbocycles. The number of nitrogens with two attached hydrogens (primary N) is 1. The fourth-order valence-electron chi connectivity index (χ4n) is 0.895. The molecule has 0 saturated heterocycles.